The van der Waals surface area contributed by atoms with Crippen LogP contribution in [0.25, 0.3) is 0 Å². The molecule has 0 aromatic heterocycles. The van der Waals surface area contributed by atoms with Crippen molar-refractivity contribution in [2.45, 2.75) is 85.4 Å². The Hall–Kier alpha value is -2.94. The molecule has 0 saturated carbocycles. The van der Waals surface area contributed by atoms with Gasteiger partial charge in [0.15, 0.2) is 0 Å². The van der Waals surface area contributed by atoms with Crippen molar-refractivity contribution in [2.24, 2.45) is 0 Å². The largest absolute Gasteiger partial charge is 0.491 e. The van der Waals surface area contributed by atoms with Crippen molar-refractivity contribution < 1.29 is 9.47 Å². The molecule has 2 atom stereocenters. The highest BCUT2D eigenvalue weighted by molar-refractivity contribution is 5.77. The molecule has 3 heteroatoms. The molecule has 0 amide bonds. The molecular formula is C31H41NO2. The summed E-state index contributed by atoms with van der Waals surface area (Å²) >= 11 is 0. The van der Waals surface area contributed by atoms with Crippen molar-refractivity contribution in [3.05, 3.63) is 78.4 Å². The summed E-state index contributed by atoms with van der Waals surface area (Å²) in [5, 5.41) is 0. The number of anilines is 3. The van der Waals surface area contributed by atoms with Gasteiger partial charge in [0.1, 0.15) is 11.5 Å². The van der Waals surface area contributed by atoms with Crippen LogP contribution >= 0.6 is 0 Å². The van der Waals surface area contributed by atoms with Crippen LogP contribution in [0.2, 0.25) is 0 Å². The van der Waals surface area contributed by atoms with Crippen molar-refractivity contribution in [2.75, 3.05) is 4.90 Å². The summed E-state index contributed by atoms with van der Waals surface area (Å²) in [5.74, 6) is 1.76. The third kappa shape index (κ3) is 6.34. The van der Waals surface area contributed by atoms with E-state index in [-0.39, 0.29) is 17.6 Å². The van der Waals surface area contributed by atoms with Crippen LogP contribution in [-0.2, 0) is 5.41 Å². The third-order valence-electron chi connectivity index (χ3n) is 6.77. The molecule has 0 aliphatic rings. The number of nitrogens with zero attached hydrogens (tertiary/aromatic N) is 1. The normalized spacial score (nSPS) is 13.3. The van der Waals surface area contributed by atoms with Crippen LogP contribution < -0.4 is 14.4 Å². The van der Waals surface area contributed by atoms with E-state index in [1.807, 2.05) is 12.1 Å². The van der Waals surface area contributed by atoms with Gasteiger partial charge in [-0.3, -0.25) is 0 Å². The van der Waals surface area contributed by atoms with Crippen LogP contribution in [0, 0.1) is 0 Å². The van der Waals surface area contributed by atoms with Gasteiger partial charge in [-0.2, -0.15) is 0 Å². The van der Waals surface area contributed by atoms with E-state index in [1.165, 1.54) is 5.56 Å². The Bertz CT molecular complexity index is 986. The number of hydrogen-bond donors (Lipinski definition) is 0. The highest BCUT2D eigenvalue weighted by Crippen LogP contribution is 2.39. The van der Waals surface area contributed by atoms with E-state index in [9.17, 15) is 0 Å². The SMILES string of the molecule is CCC(C)Oc1cccc(N(c2ccc(C(C)(C)CC)cc2)c2cccc(OC(C)CC)c2)c1. The summed E-state index contributed by atoms with van der Waals surface area (Å²) in [7, 11) is 0. The molecule has 0 aliphatic heterocycles. The Morgan fingerprint density at radius 1 is 0.676 bits per heavy atom. The zero-order chi connectivity index (χ0) is 24.7. The summed E-state index contributed by atoms with van der Waals surface area (Å²) in [6, 6.07) is 25.7. The van der Waals surface area contributed by atoms with Gasteiger partial charge in [0.25, 0.3) is 0 Å². The molecule has 0 spiro atoms. The minimum atomic E-state index is 0.150. The van der Waals surface area contributed by atoms with Gasteiger partial charge >= 0.3 is 0 Å². The molecule has 182 valence electrons. The van der Waals surface area contributed by atoms with Gasteiger partial charge < -0.3 is 14.4 Å². The number of benzene rings is 3. The maximum atomic E-state index is 6.14. The molecule has 0 bridgehead atoms. The first-order chi connectivity index (χ1) is 16.3. The predicted molar refractivity (Wildman–Crippen MR) is 145 cm³/mol. The Kier molecular flexibility index (Phi) is 8.66. The van der Waals surface area contributed by atoms with Gasteiger partial charge in [0.05, 0.1) is 12.2 Å². The second kappa shape index (κ2) is 11.5. The maximum absolute atomic E-state index is 6.14. The van der Waals surface area contributed by atoms with E-state index in [1.54, 1.807) is 0 Å². The van der Waals surface area contributed by atoms with Gasteiger partial charge in [0, 0.05) is 29.2 Å². The molecular weight excluding hydrogens is 418 g/mol. The molecule has 0 fully saturated rings. The Morgan fingerprint density at radius 2 is 1.15 bits per heavy atom. The molecule has 3 aromatic rings. The summed E-state index contributed by atoms with van der Waals surface area (Å²) < 4.78 is 12.3. The molecule has 0 saturated heterocycles. The lowest BCUT2D eigenvalue weighted by Crippen LogP contribution is -2.16. The van der Waals surface area contributed by atoms with Crippen LogP contribution in [0.3, 0.4) is 0 Å². The molecule has 0 N–H and O–H groups in total. The smallest absolute Gasteiger partial charge is 0.121 e. The third-order valence-corrected chi connectivity index (χ3v) is 6.77. The fraction of sp³-hybridized carbons (Fsp3) is 0.419. The molecule has 3 nitrogen and oxygen atoms in total. The van der Waals surface area contributed by atoms with Crippen LogP contribution in [-0.4, -0.2) is 12.2 Å². The molecule has 0 radical (unpaired) electrons. The first-order valence-electron chi connectivity index (χ1n) is 12.7. The lowest BCUT2D eigenvalue weighted by atomic mass is 9.82. The molecule has 34 heavy (non-hydrogen) atoms. The number of hydrogen-bond acceptors (Lipinski definition) is 3. The monoisotopic (exact) mass is 459 g/mol. The Morgan fingerprint density at radius 3 is 1.56 bits per heavy atom. The minimum Gasteiger partial charge on any atom is -0.491 e. The van der Waals surface area contributed by atoms with Crippen molar-refractivity contribution in [1.82, 2.24) is 0 Å². The van der Waals surface area contributed by atoms with E-state index in [0.29, 0.717) is 0 Å². The lowest BCUT2D eigenvalue weighted by molar-refractivity contribution is 0.217. The molecule has 3 rings (SSSR count). The number of ether oxygens (including phenoxy) is 2. The van der Waals surface area contributed by atoms with Gasteiger partial charge in [-0.15, -0.1) is 0 Å². The standard InChI is InChI=1S/C31H41NO2/c1-8-23(4)33-29-15-11-13-27(21-29)32(26-19-17-25(18-20-26)31(6,7)10-3)28-14-12-16-30(22-28)34-24(5)9-2/h11-24H,8-10H2,1-7H3. The summed E-state index contributed by atoms with van der Waals surface area (Å²) in [5.41, 5.74) is 4.73. The molecule has 0 aliphatic carbocycles. The average molecular weight is 460 g/mol. The van der Waals surface area contributed by atoms with Crippen molar-refractivity contribution in [3.8, 4) is 11.5 Å². The average Bonchev–Trinajstić information content (AvgIpc) is 2.85. The summed E-state index contributed by atoms with van der Waals surface area (Å²) in [4.78, 5) is 2.27. The fourth-order valence-electron chi connectivity index (χ4n) is 3.74. The van der Waals surface area contributed by atoms with E-state index in [2.05, 4.69) is 114 Å². The Balaban J connectivity index is 2.06. The first kappa shape index (κ1) is 25.7. The van der Waals surface area contributed by atoms with E-state index < -0.39 is 0 Å². The highest BCUT2D eigenvalue weighted by Gasteiger charge is 2.20. The van der Waals surface area contributed by atoms with E-state index in [0.717, 1.165) is 47.8 Å². The van der Waals surface area contributed by atoms with Crippen molar-refractivity contribution in [1.29, 1.82) is 0 Å². The highest BCUT2D eigenvalue weighted by atomic mass is 16.5. The zero-order valence-corrected chi connectivity index (χ0v) is 22.0. The quantitative estimate of drug-likeness (QED) is 0.285. The minimum absolute atomic E-state index is 0.150. The summed E-state index contributed by atoms with van der Waals surface area (Å²) in [6.45, 7) is 15.3. The second-order valence-electron chi connectivity index (χ2n) is 9.79. The van der Waals surface area contributed by atoms with Gasteiger partial charge in [-0.1, -0.05) is 58.9 Å². The summed E-state index contributed by atoms with van der Waals surface area (Å²) in [6.07, 6.45) is 3.38. The van der Waals surface area contributed by atoms with Gasteiger partial charge in [-0.05, 0) is 80.5 Å². The zero-order valence-electron chi connectivity index (χ0n) is 22.0. The predicted octanol–water partition coefficient (Wildman–Crippen LogP) is 9.20. The van der Waals surface area contributed by atoms with Crippen LogP contribution in [0.5, 0.6) is 11.5 Å². The topological polar surface area (TPSA) is 21.7 Å². The van der Waals surface area contributed by atoms with Gasteiger partial charge in [0.2, 0.25) is 0 Å². The van der Waals surface area contributed by atoms with Crippen LogP contribution in [0.1, 0.15) is 73.3 Å². The van der Waals surface area contributed by atoms with Crippen molar-refractivity contribution >= 4 is 17.1 Å². The van der Waals surface area contributed by atoms with Crippen LogP contribution in [0.15, 0.2) is 72.8 Å². The second-order valence-corrected chi connectivity index (χ2v) is 9.79. The van der Waals surface area contributed by atoms with E-state index in [4.69, 9.17) is 9.47 Å². The lowest BCUT2D eigenvalue weighted by Gasteiger charge is -2.28. The van der Waals surface area contributed by atoms with E-state index >= 15 is 0 Å². The van der Waals surface area contributed by atoms with Gasteiger partial charge in [-0.25, -0.2) is 0 Å². The first-order valence-corrected chi connectivity index (χ1v) is 12.7. The molecule has 0 heterocycles. The molecule has 3 aromatic carbocycles. The van der Waals surface area contributed by atoms with Crippen molar-refractivity contribution in [3.63, 3.8) is 0 Å². The fourth-order valence-corrected chi connectivity index (χ4v) is 3.74. The van der Waals surface area contributed by atoms with Crippen LogP contribution in [0.4, 0.5) is 17.1 Å². The molecule has 2 unspecified atom stereocenters. The number of rotatable bonds is 11. The maximum Gasteiger partial charge on any atom is 0.121 e. The Labute approximate surface area is 206 Å².